The van der Waals surface area contributed by atoms with Crippen LogP contribution in [-0.2, 0) is 11.3 Å². The molecule has 0 saturated heterocycles. The van der Waals surface area contributed by atoms with Crippen molar-refractivity contribution >= 4 is 23.2 Å². The zero-order valence-electron chi connectivity index (χ0n) is 13.1. The third-order valence-corrected chi connectivity index (χ3v) is 3.36. The normalized spacial score (nSPS) is 10.2. The number of halogens is 1. The third kappa shape index (κ3) is 5.41. The summed E-state index contributed by atoms with van der Waals surface area (Å²) in [7, 11) is 1.59. The van der Waals surface area contributed by atoms with Gasteiger partial charge in [0.25, 0.3) is 0 Å². The molecule has 2 N–H and O–H groups in total. The molecule has 1 aromatic carbocycles. The Labute approximate surface area is 140 Å². The minimum Gasteiger partial charge on any atom is -0.495 e. The highest BCUT2D eigenvalue weighted by atomic mass is 35.5. The highest BCUT2D eigenvalue weighted by molar-refractivity contribution is 6.30. The lowest BCUT2D eigenvalue weighted by Gasteiger charge is -2.11. The summed E-state index contributed by atoms with van der Waals surface area (Å²) in [6.45, 7) is 2.68. The van der Waals surface area contributed by atoms with Gasteiger partial charge in [0, 0.05) is 24.2 Å². The Bertz CT molecular complexity index is 679. The molecule has 1 amide bonds. The Morgan fingerprint density at radius 2 is 2.17 bits per heavy atom. The molecule has 0 aliphatic rings. The number of hydrogen-bond acceptors (Lipinski definition) is 5. The van der Waals surface area contributed by atoms with E-state index in [1.807, 2.05) is 6.92 Å². The van der Waals surface area contributed by atoms with Crippen molar-refractivity contribution in [1.82, 2.24) is 15.3 Å². The molecule has 0 unspecified atom stereocenters. The summed E-state index contributed by atoms with van der Waals surface area (Å²) in [5.41, 5.74) is 1.55. The van der Waals surface area contributed by atoms with Crippen LogP contribution in [0.4, 0.5) is 5.69 Å². The Morgan fingerprint density at radius 1 is 1.35 bits per heavy atom. The summed E-state index contributed by atoms with van der Waals surface area (Å²) < 4.78 is 5.24. The maximum atomic E-state index is 11.9. The number of hydrogen-bond donors (Lipinski definition) is 2. The van der Waals surface area contributed by atoms with Gasteiger partial charge in [-0.05, 0) is 31.2 Å². The van der Waals surface area contributed by atoms with E-state index in [0.717, 1.165) is 11.4 Å². The molecule has 1 aromatic heterocycles. The molecule has 0 aliphatic carbocycles. The maximum absolute atomic E-state index is 11.9. The van der Waals surface area contributed by atoms with Crippen LogP contribution >= 0.6 is 11.6 Å². The predicted molar refractivity (Wildman–Crippen MR) is 89.7 cm³/mol. The second-order valence-electron chi connectivity index (χ2n) is 4.89. The van der Waals surface area contributed by atoms with E-state index in [0.29, 0.717) is 36.1 Å². The van der Waals surface area contributed by atoms with Crippen LogP contribution in [0.5, 0.6) is 5.75 Å². The molecule has 7 heteroatoms. The van der Waals surface area contributed by atoms with E-state index in [1.165, 1.54) is 0 Å². The lowest BCUT2D eigenvalue weighted by molar-refractivity contribution is -0.121. The first-order chi connectivity index (χ1) is 11.1. The van der Waals surface area contributed by atoms with Gasteiger partial charge in [-0.1, -0.05) is 11.6 Å². The number of anilines is 1. The van der Waals surface area contributed by atoms with Crippen molar-refractivity contribution < 1.29 is 9.53 Å². The quantitative estimate of drug-likeness (QED) is 0.814. The van der Waals surface area contributed by atoms with Crippen LogP contribution in [0.3, 0.4) is 0 Å². The summed E-state index contributed by atoms with van der Waals surface area (Å²) in [4.78, 5) is 20.1. The minimum atomic E-state index is -0.0604. The molecule has 2 rings (SSSR count). The first-order valence-electron chi connectivity index (χ1n) is 7.21. The molecule has 2 aromatic rings. The average Bonchev–Trinajstić information content (AvgIpc) is 2.53. The molecule has 0 saturated carbocycles. The number of methoxy groups -OCH3 is 1. The van der Waals surface area contributed by atoms with E-state index in [4.69, 9.17) is 16.3 Å². The minimum absolute atomic E-state index is 0.0604. The summed E-state index contributed by atoms with van der Waals surface area (Å²) in [5.74, 6) is 1.31. The molecule has 0 fully saturated rings. The molecule has 23 heavy (non-hydrogen) atoms. The summed E-state index contributed by atoms with van der Waals surface area (Å²) in [6, 6.07) is 7.08. The van der Waals surface area contributed by atoms with Crippen molar-refractivity contribution in [1.29, 1.82) is 0 Å². The molecule has 0 atom stereocenters. The molecule has 122 valence electrons. The van der Waals surface area contributed by atoms with Crippen molar-refractivity contribution in [2.24, 2.45) is 0 Å². The van der Waals surface area contributed by atoms with Crippen LogP contribution in [0.15, 0.2) is 30.5 Å². The van der Waals surface area contributed by atoms with Gasteiger partial charge in [0.15, 0.2) is 0 Å². The van der Waals surface area contributed by atoms with Crippen molar-refractivity contribution in [3.8, 4) is 5.75 Å². The monoisotopic (exact) mass is 334 g/mol. The Hall–Kier alpha value is -2.34. The molecule has 6 nitrogen and oxygen atoms in total. The number of carbonyl (C=O) groups is 1. The van der Waals surface area contributed by atoms with Gasteiger partial charge >= 0.3 is 0 Å². The van der Waals surface area contributed by atoms with Crippen LogP contribution in [0.25, 0.3) is 0 Å². The first kappa shape index (κ1) is 17.0. The number of carbonyl (C=O) groups excluding carboxylic acids is 1. The zero-order valence-corrected chi connectivity index (χ0v) is 13.9. The van der Waals surface area contributed by atoms with Crippen molar-refractivity contribution in [3.63, 3.8) is 0 Å². The lowest BCUT2D eigenvalue weighted by atomic mass is 10.2. The number of aromatic nitrogens is 2. The Morgan fingerprint density at radius 3 is 2.91 bits per heavy atom. The van der Waals surface area contributed by atoms with Gasteiger partial charge in [-0.15, -0.1) is 0 Å². The molecular weight excluding hydrogens is 316 g/mol. The zero-order chi connectivity index (χ0) is 16.7. The number of rotatable bonds is 7. The van der Waals surface area contributed by atoms with Gasteiger partial charge in [-0.25, -0.2) is 9.97 Å². The Balaban J connectivity index is 1.78. The van der Waals surface area contributed by atoms with Crippen molar-refractivity contribution in [3.05, 3.63) is 47.0 Å². The second kappa shape index (κ2) is 8.33. The van der Waals surface area contributed by atoms with Crippen LogP contribution in [0.2, 0.25) is 5.02 Å². The van der Waals surface area contributed by atoms with Crippen LogP contribution in [0.1, 0.15) is 17.9 Å². The van der Waals surface area contributed by atoms with Gasteiger partial charge in [0.05, 0.1) is 25.0 Å². The first-order valence-corrected chi connectivity index (χ1v) is 7.59. The number of amides is 1. The Kier molecular flexibility index (Phi) is 6.17. The van der Waals surface area contributed by atoms with Crippen LogP contribution in [0, 0.1) is 6.92 Å². The van der Waals surface area contributed by atoms with Gasteiger partial charge in [-0.2, -0.15) is 0 Å². The van der Waals surface area contributed by atoms with Crippen LogP contribution < -0.4 is 15.4 Å². The topological polar surface area (TPSA) is 76.1 Å². The maximum Gasteiger partial charge on any atom is 0.222 e. The number of nitrogens with zero attached hydrogens (tertiary/aromatic N) is 2. The number of ether oxygens (including phenoxy) is 1. The van der Waals surface area contributed by atoms with E-state index >= 15 is 0 Å². The third-order valence-electron chi connectivity index (χ3n) is 3.13. The highest BCUT2D eigenvalue weighted by Crippen LogP contribution is 2.27. The molecule has 0 aliphatic heterocycles. The largest absolute Gasteiger partial charge is 0.495 e. The number of aryl methyl sites for hydroxylation is 1. The van der Waals surface area contributed by atoms with E-state index < -0.39 is 0 Å². The predicted octanol–water partition coefficient (Wildman–Crippen LogP) is 2.57. The average molecular weight is 335 g/mol. The fourth-order valence-corrected chi connectivity index (χ4v) is 2.18. The van der Waals surface area contributed by atoms with E-state index in [-0.39, 0.29) is 5.91 Å². The molecule has 1 heterocycles. The number of nitrogens with one attached hydrogen (secondary N) is 2. The van der Waals surface area contributed by atoms with Crippen LogP contribution in [-0.4, -0.2) is 29.5 Å². The molecule has 0 bridgehead atoms. The fourth-order valence-electron chi connectivity index (χ4n) is 2.01. The summed E-state index contributed by atoms with van der Waals surface area (Å²) in [6.07, 6.45) is 2.01. The fraction of sp³-hybridized carbons (Fsp3) is 0.312. The number of benzene rings is 1. The highest BCUT2D eigenvalue weighted by Gasteiger charge is 2.06. The van der Waals surface area contributed by atoms with Gasteiger partial charge in [0.2, 0.25) is 5.91 Å². The summed E-state index contributed by atoms with van der Waals surface area (Å²) in [5, 5.41) is 6.58. The van der Waals surface area contributed by atoms with E-state index in [2.05, 4.69) is 20.6 Å². The smallest absolute Gasteiger partial charge is 0.222 e. The molecular formula is C16H19ClN4O2. The standard InChI is InChI=1S/C16H19ClN4O2/c1-11-18-7-5-13(21-11)10-20-16(22)6-8-19-14-9-12(17)3-4-15(14)23-2/h3-5,7,9,19H,6,8,10H2,1-2H3,(H,20,22). The molecule has 0 spiro atoms. The van der Waals surface area contributed by atoms with Gasteiger partial charge in [0.1, 0.15) is 11.6 Å². The van der Waals surface area contributed by atoms with E-state index in [1.54, 1.807) is 37.6 Å². The van der Waals surface area contributed by atoms with Gasteiger partial charge in [-0.3, -0.25) is 4.79 Å². The van der Waals surface area contributed by atoms with Gasteiger partial charge < -0.3 is 15.4 Å². The lowest BCUT2D eigenvalue weighted by Crippen LogP contribution is -2.25. The second-order valence-corrected chi connectivity index (χ2v) is 5.33. The van der Waals surface area contributed by atoms with Crippen molar-refractivity contribution in [2.75, 3.05) is 19.0 Å². The summed E-state index contributed by atoms with van der Waals surface area (Å²) >= 11 is 5.96. The van der Waals surface area contributed by atoms with Crippen molar-refractivity contribution in [2.45, 2.75) is 19.9 Å². The molecule has 0 radical (unpaired) electrons. The van der Waals surface area contributed by atoms with E-state index in [9.17, 15) is 4.79 Å². The SMILES string of the molecule is COc1ccc(Cl)cc1NCCC(=O)NCc1ccnc(C)n1.